The monoisotopic (exact) mass is 310 g/mol. The predicted molar refractivity (Wildman–Crippen MR) is 86.5 cm³/mol. The van der Waals surface area contributed by atoms with Crippen LogP contribution in [0.3, 0.4) is 0 Å². The minimum absolute atomic E-state index is 0.509. The van der Waals surface area contributed by atoms with Crippen LogP contribution in [0.5, 0.6) is 5.75 Å². The summed E-state index contributed by atoms with van der Waals surface area (Å²) in [6.07, 6.45) is 1.73. The Morgan fingerprint density at radius 1 is 0.952 bits per heavy atom. The zero-order valence-corrected chi connectivity index (χ0v) is 14.3. The molecule has 118 valence electrons. The van der Waals surface area contributed by atoms with E-state index in [9.17, 15) is 0 Å². The third-order valence-corrected chi connectivity index (χ3v) is 5.83. The van der Waals surface area contributed by atoms with E-state index < -0.39 is 8.80 Å². The average Bonchev–Trinajstić information content (AvgIpc) is 2.47. The first kappa shape index (κ1) is 17.9. The normalized spacial score (nSPS) is 11.4. The summed E-state index contributed by atoms with van der Waals surface area (Å²) in [6.45, 7) is 11.8. The molecule has 0 aliphatic carbocycles. The van der Waals surface area contributed by atoms with Crippen molar-refractivity contribution < 1.29 is 18.0 Å². The van der Waals surface area contributed by atoms with Gasteiger partial charge in [-0.15, -0.1) is 0 Å². The molecule has 1 aromatic rings. The Bertz CT molecular complexity index is 388. The number of hydrogen-bond donors (Lipinski definition) is 0. The quantitative estimate of drug-likeness (QED) is 0.464. The Hall–Kier alpha value is -1.14. The van der Waals surface area contributed by atoms with Gasteiger partial charge in [-0.1, -0.05) is 24.8 Å². The van der Waals surface area contributed by atoms with Crippen LogP contribution in [-0.4, -0.2) is 35.2 Å². The lowest BCUT2D eigenvalue weighted by Crippen LogP contribution is -2.48. The van der Waals surface area contributed by atoms with Crippen molar-refractivity contribution >= 4 is 8.80 Å². The first-order valence-corrected chi connectivity index (χ1v) is 9.37. The van der Waals surface area contributed by atoms with Crippen molar-refractivity contribution in [2.24, 2.45) is 0 Å². The first-order chi connectivity index (χ1) is 10.2. The maximum Gasteiger partial charge on any atom is 0.505 e. The summed E-state index contributed by atoms with van der Waals surface area (Å²) in [5.41, 5.74) is 1.13. The zero-order chi connectivity index (χ0) is 15.6. The van der Waals surface area contributed by atoms with Gasteiger partial charge in [-0.25, -0.2) is 0 Å². The Morgan fingerprint density at radius 2 is 1.48 bits per heavy atom. The second-order valence-electron chi connectivity index (χ2n) is 4.40. The maximum atomic E-state index is 5.86. The molecule has 0 atom stereocenters. The van der Waals surface area contributed by atoms with Gasteiger partial charge in [-0.05, 0) is 38.5 Å². The fraction of sp³-hybridized carbons (Fsp3) is 0.500. The van der Waals surface area contributed by atoms with Crippen molar-refractivity contribution in [2.45, 2.75) is 26.8 Å². The highest BCUT2D eigenvalue weighted by atomic mass is 28.4. The zero-order valence-electron chi connectivity index (χ0n) is 13.3. The Balaban J connectivity index is 2.79. The minimum atomic E-state index is -2.64. The van der Waals surface area contributed by atoms with E-state index in [0.717, 1.165) is 11.3 Å². The van der Waals surface area contributed by atoms with E-state index >= 15 is 0 Å². The molecular weight excluding hydrogens is 284 g/mol. The standard InChI is InChI=1S/C16H26O4Si/c1-5-13-17-16-11-9-15(10-12-16)14-21(18-6-2,19-7-3)20-8-4/h5,9-12H,1,6-8,13-14H2,2-4H3. The molecule has 4 nitrogen and oxygen atoms in total. The van der Waals surface area contributed by atoms with Gasteiger partial charge >= 0.3 is 8.80 Å². The fourth-order valence-corrected chi connectivity index (χ4v) is 4.66. The molecule has 0 aromatic heterocycles. The molecule has 5 heteroatoms. The molecule has 0 aliphatic heterocycles. The SMILES string of the molecule is C=CCOc1ccc(C[Si](OCC)(OCC)OCC)cc1. The van der Waals surface area contributed by atoms with Gasteiger partial charge in [-0.3, -0.25) is 0 Å². The van der Waals surface area contributed by atoms with Crippen molar-refractivity contribution in [3.05, 3.63) is 42.5 Å². The molecule has 0 saturated carbocycles. The molecule has 0 bridgehead atoms. The van der Waals surface area contributed by atoms with Gasteiger partial charge in [0.05, 0.1) is 0 Å². The van der Waals surface area contributed by atoms with Gasteiger partial charge in [0.15, 0.2) is 0 Å². The van der Waals surface area contributed by atoms with E-state index in [0.29, 0.717) is 32.5 Å². The van der Waals surface area contributed by atoms with Crippen molar-refractivity contribution in [3.8, 4) is 5.75 Å². The topological polar surface area (TPSA) is 36.9 Å². The summed E-state index contributed by atoms with van der Waals surface area (Å²) in [6, 6.07) is 8.61. The van der Waals surface area contributed by atoms with E-state index in [-0.39, 0.29) is 0 Å². The molecule has 0 unspecified atom stereocenters. The molecule has 1 rings (SSSR count). The molecule has 0 N–H and O–H groups in total. The Morgan fingerprint density at radius 3 is 1.90 bits per heavy atom. The Kier molecular flexibility index (Phi) is 8.30. The van der Waals surface area contributed by atoms with E-state index in [4.69, 9.17) is 18.0 Å². The van der Waals surface area contributed by atoms with Crippen LogP contribution in [0, 0.1) is 0 Å². The maximum absolute atomic E-state index is 5.86. The molecule has 0 radical (unpaired) electrons. The van der Waals surface area contributed by atoms with Crippen LogP contribution in [0.2, 0.25) is 0 Å². The summed E-state index contributed by atoms with van der Waals surface area (Å²) >= 11 is 0. The lowest BCUT2D eigenvalue weighted by atomic mass is 10.2. The largest absolute Gasteiger partial charge is 0.505 e. The molecule has 21 heavy (non-hydrogen) atoms. The smallest absolute Gasteiger partial charge is 0.490 e. The van der Waals surface area contributed by atoms with Gasteiger partial charge in [0.25, 0.3) is 0 Å². The van der Waals surface area contributed by atoms with Gasteiger partial charge in [-0.2, -0.15) is 0 Å². The fourth-order valence-electron chi connectivity index (χ4n) is 2.05. The third kappa shape index (κ3) is 6.01. The van der Waals surface area contributed by atoms with Crippen LogP contribution < -0.4 is 4.74 Å². The lowest BCUT2D eigenvalue weighted by Gasteiger charge is -2.28. The first-order valence-electron chi connectivity index (χ1n) is 7.44. The number of benzene rings is 1. The highest BCUT2D eigenvalue weighted by Crippen LogP contribution is 2.19. The average molecular weight is 310 g/mol. The predicted octanol–water partition coefficient (Wildman–Crippen LogP) is 3.38. The molecule has 0 fully saturated rings. The van der Waals surface area contributed by atoms with Crippen LogP contribution in [0.4, 0.5) is 0 Å². The molecular formula is C16H26O4Si. The van der Waals surface area contributed by atoms with Crippen LogP contribution in [0.1, 0.15) is 26.3 Å². The summed E-state index contributed by atoms with van der Waals surface area (Å²) in [7, 11) is -2.64. The van der Waals surface area contributed by atoms with Crippen molar-refractivity contribution in [1.82, 2.24) is 0 Å². The molecule has 0 heterocycles. The van der Waals surface area contributed by atoms with Crippen LogP contribution in [0.15, 0.2) is 36.9 Å². The molecule has 0 amide bonds. The molecule has 0 aliphatic rings. The summed E-state index contributed by atoms with van der Waals surface area (Å²) in [5.74, 6) is 0.829. The third-order valence-electron chi connectivity index (χ3n) is 2.80. The number of hydrogen-bond acceptors (Lipinski definition) is 4. The molecule has 0 saturated heterocycles. The van der Waals surface area contributed by atoms with E-state index in [2.05, 4.69) is 6.58 Å². The van der Waals surface area contributed by atoms with Crippen LogP contribution >= 0.6 is 0 Å². The van der Waals surface area contributed by atoms with Crippen LogP contribution in [-0.2, 0) is 19.3 Å². The van der Waals surface area contributed by atoms with Gasteiger partial charge < -0.3 is 18.0 Å². The van der Waals surface area contributed by atoms with Gasteiger partial charge in [0.2, 0.25) is 0 Å². The van der Waals surface area contributed by atoms with E-state index in [1.54, 1.807) is 6.08 Å². The van der Waals surface area contributed by atoms with E-state index in [1.165, 1.54) is 0 Å². The molecule has 0 spiro atoms. The molecule has 1 aromatic carbocycles. The van der Waals surface area contributed by atoms with Crippen molar-refractivity contribution in [3.63, 3.8) is 0 Å². The van der Waals surface area contributed by atoms with Crippen LogP contribution in [0.25, 0.3) is 0 Å². The Labute approximate surface area is 129 Å². The summed E-state index contributed by atoms with van der Waals surface area (Å²) in [4.78, 5) is 0. The number of ether oxygens (including phenoxy) is 1. The second kappa shape index (κ2) is 9.73. The minimum Gasteiger partial charge on any atom is -0.490 e. The van der Waals surface area contributed by atoms with Gasteiger partial charge in [0, 0.05) is 25.9 Å². The lowest BCUT2D eigenvalue weighted by molar-refractivity contribution is 0.0704. The number of rotatable bonds is 11. The second-order valence-corrected chi connectivity index (χ2v) is 6.99. The van der Waals surface area contributed by atoms with Gasteiger partial charge in [0.1, 0.15) is 12.4 Å². The summed E-state index contributed by atoms with van der Waals surface area (Å²) < 4.78 is 23.1. The highest BCUT2D eigenvalue weighted by Gasteiger charge is 2.40. The van der Waals surface area contributed by atoms with Crippen molar-refractivity contribution in [1.29, 1.82) is 0 Å². The van der Waals surface area contributed by atoms with Crippen molar-refractivity contribution in [2.75, 3.05) is 26.4 Å². The summed E-state index contributed by atoms with van der Waals surface area (Å²) in [5, 5.41) is 0. The highest BCUT2D eigenvalue weighted by molar-refractivity contribution is 6.60. The van der Waals surface area contributed by atoms with E-state index in [1.807, 2.05) is 45.0 Å².